The highest BCUT2D eigenvalue weighted by Crippen LogP contribution is 2.36. The number of rotatable bonds is 17. The van der Waals surface area contributed by atoms with Gasteiger partial charge in [-0.25, -0.2) is 26.0 Å². The lowest BCUT2D eigenvalue weighted by atomic mass is 10.1. The zero-order valence-corrected chi connectivity index (χ0v) is 25.3. The molecular weight excluding hydrogens is 612 g/mol. The normalized spacial score (nSPS) is 12.6. The molecule has 1 heterocycles. The van der Waals surface area contributed by atoms with Crippen molar-refractivity contribution in [3.05, 3.63) is 47.1 Å². The van der Waals surface area contributed by atoms with Crippen molar-refractivity contribution in [1.82, 2.24) is 4.57 Å². The van der Waals surface area contributed by atoms with E-state index >= 15 is 0 Å². The van der Waals surface area contributed by atoms with Gasteiger partial charge >= 0.3 is 11.0 Å². The zero-order valence-electron chi connectivity index (χ0n) is 23.7. The van der Waals surface area contributed by atoms with Gasteiger partial charge in [-0.15, -0.1) is 0 Å². The fourth-order valence-corrected chi connectivity index (χ4v) is 5.49. The van der Waals surface area contributed by atoms with Crippen LogP contribution in [0.1, 0.15) is 84.0 Å². The second-order valence-corrected chi connectivity index (χ2v) is 13.0. The smallest absolute Gasteiger partial charge is 0.480 e. The Morgan fingerprint density at radius 3 is 1.57 bits per heavy atom. The number of ether oxygens (including phenoxy) is 1. The van der Waals surface area contributed by atoms with Crippen LogP contribution >= 0.6 is 0 Å². The van der Waals surface area contributed by atoms with Gasteiger partial charge in [-0.2, -0.15) is 26.3 Å². The number of aromatic nitrogens is 2. The molecule has 0 N–H and O–H groups in total. The molecule has 0 saturated carbocycles. The Bertz CT molecular complexity index is 1200. The van der Waals surface area contributed by atoms with Crippen LogP contribution in [0.5, 0.6) is 5.75 Å². The summed E-state index contributed by atoms with van der Waals surface area (Å²) >= 11 is 0. The van der Waals surface area contributed by atoms with Gasteiger partial charge in [0, 0.05) is 0 Å². The highest BCUT2D eigenvalue weighted by molar-refractivity contribution is 8.13. The molecule has 0 unspecified atom stereocenters. The van der Waals surface area contributed by atoms with E-state index in [4.69, 9.17) is 4.74 Å². The summed E-state index contributed by atoms with van der Waals surface area (Å²) in [5.74, 6) is 0.898. The van der Waals surface area contributed by atoms with Crippen LogP contribution in [0.2, 0.25) is 0 Å². The third-order valence-corrected chi connectivity index (χ3v) is 8.85. The summed E-state index contributed by atoms with van der Waals surface area (Å²) < 4.78 is 119. The first-order valence-electron chi connectivity index (χ1n) is 13.6. The van der Waals surface area contributed by atoms with Crippen LogP contribution < -0.4 is 9.30 Å². The molecule has 1 aromatic heterocycles. The number of imidazole rings is 1. The fourth-order valence-electron chi connectivity index (χ4n) is 3.78. The summed E-state index contributed by atoms with van der Waals surface area (Å²) in [4.78, 5) is 0. The number of unbranched alkanes of at least 4 members (excludes halogenated alkanes) is 11. The number of nitrogens with zero attached hydrogens (tertiary/aromatic N) is 3. The van der Waals surface area contributed by atoms with Crippen LogP contribution in [0, 0.1) is 0 Å². The Balaban J connectivity index is 0.000000501. The molecule has 2 aromatic rings. The maximum Gasteiger partial charge on any atom is 0.480 e. The summed E-state index contributed by atoms with van der Waals surface area (Å²) in [5.41, 5.74) is -11.2. The SMILES string of the molecule is CCCCCCCCCCCCCC[n+]1ccn(-c2ccc(OC)cc2)c1.O=S(=O)([N-]S(=O)(=O)C(F)(F)F)C(F)(F)F. The standard InChI is InChI=1S/C24H39N2O.C2F6NO4S2/c1-3-4-5-6-7-8-9-10-11-12-13-14-19-25-20-21-26(22-25)23-15-17-24(27-2)18-16-23;3-1(4,5)14(10,11)9-15(12,13)2(6,7)8/h15-18,20-22H,3-14,19H2,1-2H3;/q+1;-1. The molecule has 0 fully saturated rings. The van der Waals surface area contributed by atoms with E-state index in [2.05, 4.69) is 46.9 Å². The molecule has 0 aliphatic rings. The molecule has 1 aromatic carbocycles. The highest BCUT2D eigenvalue weighted by atomic mass is 32.3. The lowest BCUT2D eigenvalue weighted by molar-refractivity contribution is -0.696. The maximum atomic E-state index is 11.4. The number of sulfonamides is 2. The van der Waals surface area contributed by atoms with E-state index in [1.54, 1.807) is 7.11 Å². The summed E-state index contributed by atoms with van der Waals surface area (Å²) in [6.45, 7) is 3.40. The predicted octanol–water partition coefficient (Wildman–Crippen LogP) is 7.53. The average Bonchev–Trinajstić information content (AvgIpc) is 3.37. The number of benzene rings is 1. The van der Waals surface area contributed by atoms with Gasteiger partial charge in [0.25, 0.3) is 0 Å². The first-order valence-corrected chi connectivity index (χ1v) is 16.5. The van der Waals surface area contributed by atoms with E-state index in [9.17, 15) is 43.2 Å². The van der Waals surface area contributed by atoms with Crippen LogP contribution in [-0.2, 0) is 26.6 Å². The van der Waals surface area contributed by atoms with Gasteiger partial charge in [0.2, 0.25) is 6.33 Å². The number of methoxy groups -OCH3 is 1. The molecule has 0 amide bonds. The molecular formula is C26H39F6N3O5S2. The van der Waals surface area contributed by atoms with E-state index in [1.165, 1.54) is 82.7 Å². The molecule has 0 aliphatic heterocycles. The molecule has 16 heteroatoms. The van der Waals surface area contributed by atoms with Crippen LogP contribution in [0.15, 0.2) is 43.0 Å². The number of hydrogen-bond donors (Lipinski definition) is 0. The zero-order chi connectivity index (χ0) is 31.9. The second-order valence-electron chi connectivity index (χ2n) is 9.56. The minimum absolute atomic E-state index is 0.778. The molecule has 42 heavy (non-hydrogen) atoms. The minimum atomic E-state index is -6.72. The topological polar surface area (TPSA) is 100 Å². The summed E-state index contributed by atoms with van der Waals surface area (Å²) in [5, 5.41) is 0. The molecule has 0 aliphatic carbocycles. The maximum absolute atomic E-state index is 11.4. The van der Waals surface area contributed by atoms with E-state index in [0.717, 1.165) is 16.4 Å². The van der Waals surface area contributed by atoms with Gasteiger partial charge in [-0.05, 0) is 37.1 Å². The van der Waals surface area contributed by atoms with E-state index < -0.39 is 31.1 Å². The molecule has 242 valence electrons. The predicted molar refractivity (Wildman–Crippen MR) is 147 cm³/mol. The Hall–Kier alpha value is -2.33. The molecule has 0 bridgehead atoms. The number of alkyl halides is 6. The largest absolute Gasteiger partial charge is 0.497 e. The fraction of sp³-hybridized carbons (Fsp3) is 0.654. The van der Waals surface area contributed by atoms with Crippen molar-refractivity contribution in [2.24, 2.45) is 0 Å². The Labute approximate surface area is 244 Å². The van der Waals surface area contributed by atoms with Crippen molar-refractivity contribution in [3.63, 3.8) is 0 Å². The minimum Gasteiger partial charge on any atom is -0.497 e. The first kappa shape index (κ1) is 37.7. The molecule has 0 spiro atoms. The Morgan fingerprint density at radius 1 is 0.738 bits per heavy atom. The van der Waals surface area contributed by atoms with Crippen LogP contribution in [-0.4, -0.2) is 39.5 Å². The third kappa shape index (κ3) is 13.8. The quantitative estimate of drug-likeness (QED) is 0.100. The van der Waals surface area contributed by atoms with Gasteiger partial charge in [0.15, 0.2) is 20.0 Å². The highest BCUT2D eigenvalue weighted by Gasteiger charge is 2.46. The van der Waals surface area contributed by atoms with Crippen molar-refractivity contribution in [3.8, 4) is 11.4 Å². The third-order valence-electron chi connectivity index (χ3n) is 6.11. The lowest BCUT2D eigenvalue weighted by Gasteiger charge is -2.22. The van der Waals surface area contributed by atoms with E-state index in [-0.39, 0.29) is 0 Å². The van der Waals surface area contributed by atoms with Gasteiger partial charge in [-0.1, -0.05) is 71.1 Å². The Morgan fingerprint density at radius 2 is 1.17 bits per heavy atom. The number of halogens is 6. The van der Waals surface area contributed by atoms with Crippen LogP contribution in [0.25, 0.3) is 9.81 Å². The van der Waals surface area contributed by atoms with Gasteiger partial charge in [0.05, 0.1) is 13.7 Å². The Kier molecular flexibility index (Phi) is 15.9. The monoisotopic (exact) mass is 651 g/mol. The van der Waals surface area contributed by atoms with Crippen molar-refractivity contribution in [1.29, 1.82) is 0 Å². The lowest BCUT2D eigenvalue weighted by Crippen LogP contribution is -2.30. The molecule has 0 saturated heterocycles. The molecule has 0 atom stereocenters. The van der Waals surface area contributed by atoms with Gasteiger partial charge in [-0.3, -0.25) is 0 Å². The number of aryl methyl sites for hydroxylation is 1. The first-order chi connectivity index (χ1) is 19.5. The molecule has 0 radical (unpaired) electrons. The van der Waals surface area contributed by atoms with E-state index in [1.807, 2.05) is 12.1 Å². The van der Waals surface area contributed by atoms with Crippen molar-refractivity contribution >= 4 is 20.0 Å². The molecule has 8 nitrogen and oxygen atoms in total. The van der Waals surface area contributed by atoms with E-state index in [0.29, 0.717) is 0 Å². The summed E-state index contributed by atoms with van der Waals surface area (Å²) in [6, 6.07) is 8.19. The van der Waals surface area contributed by atoms with Crippen molar-refractivity contribution < 1.29 is 52.5 Å². The van der Waals surface area contributed by atoms with Crippen molar-refractivity contribution in [2.75, 3.05) is 7.11 Å². The number of hydrogen-bond acceptors (Lipinski definition) is 5. The second kappa shape index (κ2) is 17.7. The summed E-state index contributed by atoms with van der Waals surface area (Å²) in [6.07, 6.45) is 23.3. The molecule has 2 rings (SSSR count). The van der Waals surface area contributed by atoms with Crippen LogP contribution in [0.3, 0.4) is 0 Å². The van der Waals surface area contributed by atoms with Gasteiger partial charge in [0.1, 0.15) is 23.8 Å². The summed E-state index contributed by atoms with van der Waals surface area (Å²) in [7, 11) is -11.7. The average molecular weight is 652 g/mol. The van der Waals surface area contributed by atoms with Crippen LogP contribution in [0.4, 0.5) is 26.3 Å². The van der Waals surface area contributed by atoms with Gasteiger partial charge < -0.3 is 8.86 Å². The van der Waals surface area contributed by atoms with Crippen molar-refractivity contribution in [2.45, 2.75) is 102 Å².